The average Bonchev–Trinajstić information content (AvgIpc) is 3.69. The molecule has 0 bridgehead atoms. The summed E-state index contributed by atoms with van der Waals surface area (Å²) in [6.07, 6.45) is 0.777. The molecule has 0 spiro atoms. The van der Waals surface area contributed by atoms with Gasteiger partial charge in [-0.15, -0.1) is 0 Å². The molecule has 2 aromatic heterocycles. The maximum Gasteiger partial charge on any atom is 0.262 e. The molecule has 4 saturated heterocycles. The van der Waals surface area contributed by atoms with Gasteiger partial charge in [-0.1, -0.05) is 18.2 Å². The molecular weight excluding hydrogens is 763 g/mol. The lowest BCUT2D eigenvalue weighted by atomic mass is 9.94. The van der Waals surface area contributed by atoms with Gasteiger partial charge in [0.05, 0.1) is 28.2 Å². The highest BCUT2D eigenvalue weighted by Gasteiger charge is 2.46. The number of nitrogen functional groups attached to an aromatic ring is 1. The number of piperidine rings is 2. The number of fused-ring (bicyclic) bond motifs is 2. The lowest BCUT2D eigenvalue weighted by molar-refractivity contribution is -0.136. The molecule has 302 valence electrons. The number of imide groups is 2. The lowest BCUT2D eigenvalue weighted by Crippen LogP contribution is -2.64. The number of anilines is 2. The third-order valence-corrected chi connectivity index (χ3v) is 12.3. The van der Waals surface area contributed by atoms with E-state index in [1.165, 1.54) is 12.4 Å². The molecule has 17 heteroatoms. The van der Waals surface area contributed by atoms with Crippen molar-refractivity contribution in [1.82, 2.24) is 39.8 Å². The van der Waals surface area contributed by atoms with Gasteiger partial charge in [0.2, 0.25) is 11.8 Å². The quantitative estimate of drug-likeness (QED) is 0.207. The first-order chi connectivity index (χ1) is 28.6. The van der Waals surface area contributed by atoms with E-state index in [2.05, 4.69) is 25.1 Å². The fourth-order valence-corrected chi connectivity index (χ4v) is 9.15. The average molecular weight is 803 g/mol. The number of aromatic nitrogens is 4. The highest BCUT2D eigenvalue weighted by Crippen LogP contribution is 2.38. The Hall–Kier alpha value is -6.33. The van der Waals surface area contributed by atoms with Gasteiger partial charge in [0.1, 0.15) is 47.4 Å². The number of alkyl halides is 1. The Kier molecular flexibility index (Phi) is 9.08. The summed E-state index contributed by atoms with van der Waals surface area (Å²) < 4.78 is 39.1. The number of carbonyl (C=O) groups excluding carboxylic acids is 4. The van der Waals surface area contributed by atoms with Crippen molar-refractivity contribution in [2.45, 2.75) is 43.6 Å². The highest BCUT2D eigenvalue weighted by molar-refractivity contribution is 6.23. The molecule has 0 saturated carbocycles. The summed E-state index contributed by atoms with van der Waals surface area (Å²) in [6, 6.07) is 18.1. The van der Waals surface area contributed by atoms with Gasteiger partial charge >= 0.3 is 0 Å². The molecule has 5 aliphatic rings. The van der Waals surface area contributed by atoms with Crippen LogP contribution >= 0.6 is 0 Å². The molecule has 5 aromatic rings. The van der Waals surface area contributed by atoms with E-state index in [1.54, 1.807) is 4.68 Å². The van der Waals surface area contributed by atoms with Crippen LogP contribution in [-0.4, -0.2) is 122 Å². The minimum Gasteiger partial charge on any atom is -0.457 e. The van der Waals surface area contributed by atoms with Gasteiger partial charge in [0, 0.05) is 69.8 Å². The van der Waals surface area contributed by atoms with Crippen LogP contribution in [0.15, 0.2) is 73.1 Å². The van der Waals surface area contributed by atoms with Gasteiger partial charge in [-0.3, -0.25) is 39.2 Å². The Morgan fingerprint density at radius 1 is 0.864 bits per heavy atom. The summed E-state index contributed by atoms with van der Waals surface area (Å²) in [5.74, 6) is -1.25. The molecule has 0 aliphatic carbocycles. The summed E-state index contributed by atoms with van der Waals surface area (Å²) in [6.45, 7) is 4.53. The molecule has 4 amide bonds. The number of nitrogens with two attached hydrogens (primary N) is 1. The number of ether oxygens (including phenoxy) is 1. The standard InChI is InChI=1S/C42H40F2N10O5/c43-30-14-28-29(42(58)53(41(28)57)33-10-11-35(55)48-40(33)56)15-34(30)52-17-23(18-52)16-50-19-25(20-50)51-13-12-32(31(44)21-51)54-39-36(38(45)46-22-47-39)37(49-54)24-6-8-27(9-7-24)59-26-4-2-1-3-5-26/h1-9,14-15,22-23,25,31-33H,10-13,16-21H2,(H2,45,46,47)(H,48,55,56)/t31-,32?,33?/m1/s1. The van der Waals surface area contributed by atoms with Crippen molar-refractivity contribution in [3.63, 3.8) is 0 Å². The Morgan fingerprint density at radius 2 is 1.59 bits per heavy atom. The summed E-state index contributed by atoms with van der Waals surface area (Å²) >= 11 is 0. The maximum atomic E-state index is 16.2. The second kappa shape index (κ2) is 14.5. The lowest BCUT2D eigenvalue weighted by Gasteiger charge is -2.51. The van der Waals surface area contributed by atoms with Crippen LogP contribution < -0.4 is 20.7 Å². The van der Waals surface area contributed by atoms with Crippen molar-refractivity contribution >= 4 is 46.2 Å². The minimum atomic E-state index is -1.19. The number of benzene rings is 3. The fourth-order valence-electron chi connectivity index (χ4n) is 9.15. The highest BCUT2D eigenvalue weighted by atomic mass is 19.1. The number of halogens is 2. The van der Waals surface area contributed by atoms with Gasteiger partial charge < -0.3 is 15.4 Å². The Bertz CT molecular complexity index is 2510. The van der Waals surface area contributed by atoms with E-state index in [0.717, 1.165) is 41.9 Å². The molecule has 2 unspecified atom stereocenters. The molecule has 3 aromatic carbocycles. The zero-order valence-electron chi connectivity index (χ0n) is 31.8. The van der Waals surface area contributed by atoms with E-state index < -0.39 is 47.7 Å². The molecule has 0 radical (unpaired) electrons. The van der Waals surface area contributed by atoms with E-state index in [0.29, 0.717) is 48.5 Å². The van der Waals surface area contributed by atoms with Gasteiger partial charge in [-0.25, -0.2) is 23.4 Å². The van der Waals surface area contributed by atoms with Crippen LogP contribution in [0.4, 0.5) is 20.3 Å². The number of nitrogens with one attached hydrogen (secondary N) is 1. The molecular formula is C42H40F2N10O5. The van der Waals surface area contributed by atoms with Crippen molar-refractivity contribution < 1.29 is 32.7 Å². The molecule has 15 nitrogen and oxygen atoms in total. The van der Waals surface area contributed by atoms with Crippen molar-refractivity contribution in [3.05, 3.63) is 90.0 Å². The Balaban J connectivity index is 0.738. The summed E-state index contributed by atoms with van der Waals surface area (Å²) in [5.41, 5.74) is 8.44. The molecule has 59 heavy (non-hydrogen) atoms. The second-order valence-electron chi connectivity index (χ2n) is 16.0. The monoisotopic (exact) mass is 802 g/mol. The van der Waals surface area contributed by atoms with Gasteiger partial charge in [-0.05, 0) is 61.4 Å². The zero-order chi connectivity index (χ0) is 40.5. The fraction of sp³-hybridized carbons (Fsp3) is 0.357. The van der Waals surface area contributed by atoms with Crippen molar-refractivity contribution in [2.75, 3.05) is 56.4 Å². The largest absolute Gasteiger partial charge is 0.457 e. The van der Waals surface area contributed by atoms with Crippen LogP contribution in [0, 0.1) is 11.7 Å². The van der Waals surface area contributed by atoms with Crippen LogP contribution in [0.2, 0.25) is 0 Å². The second-order valence-corrected chi connectivity index (χ2v) is 16.0. The number of nitrogens with zero attached hydrogens (tertiary/aromatic N) is 8. The molecule has 7 heterocycles. The Morgan fingerprint density at radius 3 is 2.32 bits per heavy atom. The summed E-state index contributed by atoms with van der Waals surface area (Å²) in [5, 5.41) is 7.65. The van der Waals surface area contributed by atoms with E-state index in [-0.39, 0.29) is 54.0 Å². The van der Waals surface area contributed by atoms with Crippen molar-refractivity contribution in [3.8, 4) is 22.8 Å². The SMILES string of the molecule is Nc1ncnc2c1c(-c1ccc(Oc3ccccc3)cc1)nn2C1CCN(C2CN(CC3CN(c4cc5c(cc4F)C(=O)N(C4CCC(=O)NC4=O)C5=O)C3)C2)C[C@H]1F. The first-order valence-corrected chi connectivity index (χ1v) is 19.8. The first kappa shape index (κ1) is 37.0. The first-order valence-electron chi connectivity index (χ1n) is 19.8. The third kappa shape index (κ3) is 6.53. The van der Waals surface area contributed by atoms with Gasteiger partial charge in [-0.2, -0.15) is 5.10 Å². The number of amides is 4. The van der Waals surface area contributed by atoms with Gasteiger partial charge in [0.25, 0.3) is 11.8 Å². The topological polar surface area (TPSA) is 172 Å². The zero-order valence-corrected chi connectivity index (χ0v) is 31.8. The third-order valence-electron chi connectivity index (χ3n) is 12.3. The number of hydrogen-bond donors (Lipinski definition) is 2. The number of hydrogen-bond acceptors (Lipinski definition) is 12. The smallest absolute Gasteiger partial charge is 0.262 e. The molecule has 3 atom stereocenters. The summed E-state index contributed by atoms with van der Waals surface area (Å²) in [4.78, 5) is 66.3. The molecule has 5 aliphatic heterocycles. The minimum absolute atomic E-state index is 0.00626. The van der Waals surface area contributed by atoms with Crippen LogP contribution in [0.1, 0.15) is 46.0 Å². The number of rotatable bonds is 9. The van der Waals surface area contributed by atoms with Crippen molar-refractivity contribution in [2.24, 2.45) is 5.92 Å². The molecule has 10 rings (SSSR count). The van der Waals surface area contributed by atoms with Crippen LogP contribution in [-0.2, 0) is 9.59 Å². The van der Waals surface area contributed by atoms with Crippen LogP contribution in [0.5, 0.6) is 11.5 Å². The van der Waals surface area contributed by atoms with E-state index in [1.807, 2.05) is 59.5 Å². The molecule has 4 fully saturated rings. The molecule has 3 N–H and O–H groups in total. The maximum absolute atomic E-state index is 16.2. The predicted molar refractivity (Wildman–Crippen MR) is 211 cm³/mol. The predicted octanol–water partition coefficient (Wildman–Crippen LogP) is 3.81. The summed E-state index contributed by atoms with van der Waals surface area (Å²) in [7, 11) is 0. The van der Waals surface area contributed by atoms with Crippen molar-refractivity contribution in [1.29, 1.82) is 0 Å². The van der Waals surface area contributed by atoms with Crippen LogP contribution in [0.25, 0.3) is 22.3 Å². The van der Waals surface area contributed by atoms with E-state index in [4.69, 9.17) is 15.6 Å². The number of para-hydroxylation sites is 1. The van der Waals surface area contributed by atoms with E-state index >= 15 is 8.78 Å². The van der Waals surface area contributed by atoms with Crippen LogP contribution in [0.3, 0.4) is 0 Å². The number of likely N-dealkylation sites (tertiary alicyclic amines) is 2. The van der Waals surface area contributed by atoms with E-state index in [9.17, 15) is 19.2 Å². The van der Waals surface area contributed by atoms with Gasteiger partial charge in [0.15, 0.2) is 5.65 Å². The normalized spacial score (nSPS) is 23.1. The number of carbonyl (C=O) groups is 4. The Labute approximate surface area is 336 Å².